The summed E-state index contributed by atoms with van der Waals surface area (Å²) in [4.78, 5) is 37.9. The van der Waals surface area contributed by atoms with E-state index in [1.54, 1.807) is 19.9 Å². The molecule has 24 heavy (non-hydrogen) atoms. The van der Waals surface area contributed by atoms with Crippen molar-refractivity contribution < 1.29 is 14.7 Å². The molecule has 0 aliphatic rings. The third kappa shape index (κ3) is 4.55. The summed E-state index contributed by atoms with van der Waals surface area (Å²) in [7, 11) is 0. The topological polar surface area (TPSA) is 99.3 Å². The number of aromatic nitrogens is 1. The molecule has 1 aromatic heterocycles. The van der Waals surface area contributed by atoms with Crippen LogP contribution in [0.1, 0.15) is 37.0 Å². The zero-order valence-electron chi connectivity index (χ0n) is 13.6. The molecule has 0 unspecified atom stereocenters. The number of hydrogen-bond donors (Lipinski definition) is 3. The molecule has 6 heteroatoms. The minimum absolute atomic E-state index is 0.00178. The molecule has 126 valence electrons. The Labute approximate surface area is 139 Å². The van der Waals surface area contributed by atoms with Gasteiger partial charge >= 0.3 is 5.97 Å². The molecule has 3 N–H and O–H groups in total. The lowest BCUT2D eigenvalue weighted by atomic mass is 9.98. The van der Waals surface area contributed by atoms with E-state index in [4.69, 9.17) is 5.11 Å². The number of amides is 1. The predicted octanol–water partition coefficient (Wildman–Crippen LogP) is 2.42. The summed E-state index contributed by atoms with van der Waals surface area (Å²) < 4.78 is 0. The average molecular weight is 328 g/mol. The van der Waals surface area contributed by atoms with Crippen molar-refractivity contribution in [3.05, 3.63) is 58.4 Å². The largest absolute Gasteiger partial charge is 0.481 e. The van der Waals surface area contributed by atoms with Crippen molar-refractivity contribution in [2.45, 2.75) is 32.2 Å². The number of carbonyl (C=O) groups excluding carboxylic acids is 1. The first-order valence-electron chi connectivity index (χ1n) is 7.61. The van der Waals surface area contributed by atoms with Gasteiger partial charge in [0.15, 0.2) is 0 Å². The van der Waals surface area contributed by atoms with Crippen LogP contribution in [0.5, 0.6) is 0 Å². The normalized spacial score (nSPS) is 11.1. The highest BCUT2D eigenvalue weighted by Crippen LogP contribution is 2.15. The smallest absolute Gasteiger partial charge is 0.303 e. The van der Waals surface area contributed by atoms with E-state index in [0.717, 1.165) is 5.56 Å². The van der Waals surface area contributed by atoms with Crippen LogP contribution in [0.4, 0.5) is 0 Å². The van der Waals surface area contributed by atoms with Gasteiger partial charge in [-0.05, 0) is 38.0 Å². The molecule has 0 saturated heterocycles. The van der Waals surface area contributed by atoms with Gasteiger partial charge < -0.3 is 15.4 Å². The monoisotopic (exact) mass is 328 g/mol. The Hall–Kier alpha value is -2.89. The first-order chi connectivity index (χ1) is 11.3. The van der Waals surface area contributed by atoms with Crippen LogP contribution in [0.25, 0.3) is 11.3 Å². The molecule has 6 nitrogen and oxygen atoms in total. The number of carbonyl (C=O) groups is 2. The van der Waals surface area contributed by atoms with Gasteiger partial charge in [0, 0.05) is 17.7 Å². The quantitative estimate of drug-likeness (QED) is 0.758. The highest BCUT2D eigenvalue weighted by Gasteiger charge is 2.23. The van der Waals surface area contributed by atoms with E-state index in [1.807, 2.05) is 30.3 Å². The molecule has 0 fully saturated rings. The van der Waals surface area contributed by atoms with E-state index in [-0.39, 0.29) is 18.4 Å². The number of pyridine rings is 1. The number of aliphatic carboxylic acids is 1. The van der Waals surface area contributed by atoms with Crippen LogP contribution in [0.2, 0.25) is 0 Å². The van der Waals surface area contributed by atoms with E-state index in [9.17, 15) is 14.4 Å². The molecule has 0 spiro atoms. The fourth-order valence-corrected chi connectivity index (χ4v) is 2.30. The van der Waals surface area contributed by atoms with E-state index in [1.165, 1.54) is 6.07 Å². The maximum absolute atomic E-state index is 12.3. The number of carboxylic acids is 1. The highest BCUT2D eigenvalue weighted by molar-refractivity contribution is 5.94. The molecule has 0 saturated carbocycles. The second kappa shape index (κ2) is 7.12. The average Bonchev–Trinajstić information content (AvgIpc) is 2.53. The summed E-state index contributed by atoms with van der Waals surface area (Å²) in [6, 6.07) is 12.5. The van der Waals surface area contributed by atoms with Gasteiger partial charge in [-0.2, -0.15) is 0 Å². The molecule has 0 aliphatic carbocycles. The van der Waals surface area contributed by atoms with Crippen LogP contribution in [-0.2, 0) is 4.79 Å². The Bertz CT molecular complexity index is 794. The van der Waals surface area contributed by atoms with Gasteiger partial charge in [-0.1, -0.05) is 30.3 Å². The fourth-order valence-electron chi connectivity index (χ4n) is 2.30. The summed E-state index contributed by atoms with van der Waals surface area (Å²) >= 11 is 0. The SMILES string of the molecule is CC(C)(CCC(=O)O)NC(=O)c1ccc(-c2ccccc2)[nH]c1=O. The van der Waals surface area contributed by atoms with Crippen LogP contribution in [-0.4, -0.2) is 27.5 Å². The van der Waals surface area contributed by atoms with Crippen molar-refractivity contribution in [3.63, 3.8) is 0 Å². The van der Waals surface area contributed by atoms with E-state index < -0.39 is 23.0 Å². The Kier molecular flexibility index (Phi) is 5.18. The second-order valence-corrected chi connectivity index (χ2v) is 6.21. The van der Waals surface area contributed by atoms with E-state index in [0.29, 0.717) is 5.69 Å². The zero-order chi connectivity index (χ0) is 17.7. The second-order valence-electron chi connectivity index (χ2n) is 6.21. The molecular formula is C18H20N2O4. The van der Waals surface area contributed by atoms with Crippen LogP contribution < -0.4 is 10.9 Å². The maximum atomic E-state index is 12.3. The van der Waals surface area contributed by atoms with Crippen LogP contribution in [0, 0.1) is 0 Å². The van der Waals surface area contributed by atoms with Gasteiger partial charge in [-0.25, -0.2) is 0 Å². The Morgan fingerprint density at radius 1 is 1.12 bits per heavy atom. The third-order valence-corrected chi connectivity index (χ3v) is 3.65. The lowest BCUT2D eigenvalue weighted by Gasteiger charge is -2.25. The van der Waals surface area contributed by atoms with Crippen molar-refractivity contribution in [3.8, 4) is 11.3 Å². The summed E-state index contributed by atoms with van der Waals surface area (Å²) in [5.41, 5.74) is 0.270. The van der Waals surface area contributed by atoms with Crippen molar-refractivity contribution in [1.29, 1.82) is 0 Å². The third-order valence-electron chi connectivity index (χ3n) is 3.65. The molecule has 0 atom stereocenters. The van der Waals surface area contributed by atoms with Crippen LogP contribution >= 0.6 is 0 Å². The van der Waals surface area contributed by atoms with Crippen molar-refractivity contribution >= 4 is 11.9 Å². The summed E-state index contributed by atoms with van der Waals surface area (Å²) in [6.45, 7) is 3.45. The predicted molar refractivity (Wildman–Crippen MR) is 90.9 cm³/mol. The molecule has 1 heterocycles. The number of carboxylic acid groups (broad SMARTS) is 1. The van der Waals surface area contributed by atoms with E-state index >= 15 is 0 Å². The number of rotatable bonds is 6. The molecule has 2 aromatic rings. The number of benzene rings is 1. The summed E-state index contributed by atoms with van der Waals surface area (Å²) in [5.74, 6) is -1.45. The molecule has 0 bridgehead atoms. The van der Waals surface area contributed by atoms with Crippen LogP contribution in [0.15, 0.2) is 47.3 Å². The van der Waals surface area contributed by atoms with E-state index in [2.05, 4.69) is 10.3 Å². The van der Waals surface area contributed by atoms with Gasteiger partial charge in [0.25, 0.3) is 11.5 Å². The molecule has 1 aromatic carbocycles. The molecule has 0 aliphatic heterocycles. The number of aromatic amines is 1. The molecule has 0 radical (unpaired) electrons. The summed E-state index contributed by atoms with van der Waals surface area (Å²) in [5, 5.41) is 11.4. The fraction of sp³-hybridized carbons (Fsp3) is 0.278. The molecular weight excluding hydrogens is 308 g/mol. The molecule has 2 rings (SSSR count). The van der Waals surface area contributed by atoms with Gasteiger partial charge in [-0.3, -0.25) is 14.4 Å². The van der Waals surface area contributed by atoms with Gasteiger partial charge in [0.1, 0.15) is 5.56 Å². The van der Waals surface area contributed by atoms with Crippen LogP contribution in [0.3, 0.4) is 0 Å². The molecule has 1 amide bonds. The standard InChI is InChI=1S/C18H20N2O4/c1-18(2,11-10-15(21)22)20-17(24)13-8-9-14(19-16(13)23)12-6-4-3-5-7-12/h3-9H,10-11H2,1-2H3,(H,19,23)(H,20,24)(H,21,22). The lowest BCUT2D eigenvalue weighted by molar-refractivity contribution is -0.137. The Morgan fingerprint density at radius 2 is 1.79 bits per heavy atom. The first-order valence-corrected chi connectivity index (χ1v) is 7.61. The lowest BCUT2D eigenvalue weighted by Crippen LogP contribution is -2.45. The minimum atomic E-state index is -0.928. The van der Waals surface area contributed by atoms with Gasteiger partial charge in [0.2, 0.25) is 0 Å². The summed E-state index contributed by atoms with van der Waals surface area (Å²) in [6.07, 6.45) is 0.213. The number of H-pyrrole nitrogens is 1. The highest BCUT2D eigenvalue weighted by atomic mass is 16.4. The minimum Gasteiger partial charge on any atom is -0.481 e. The first kappa shape index (κ1) is 17.5. The Balaban J connectivity index is 2.16. The number of hydrogen-bond acceptors (Lipinski definition) is 3. The zero-order valence-corrected chi connectivity index (χ0v) is 13.6. The van der Waals surface area contributed by atoms with Gasteiger partial charge in [-0.15, -0.1) is 0 Å². The number of nitrogens with one attached hydrogen (secondary N) is 2. The van der Waals surface area contributed by atoms with Crippen molar-refractivity contribution in [2.75, 3.05) is 0 Å². The Morgan fingerprint density at radius 3 is 2.38 bits per heavy atom. The maximum Gasteiger partial charge on any atom is 0.303 e. The van der Waals surface area contributed by atoms with Crippen molar-refractivity contribution in [2.24, 2.45) is 0 Å². The van der Waals surface area contributed by atoms with Gasteiger partial charge in [0.05, 0.1) is 0 Å². The van der Waals surface area contributed by atoms with Crippen molar-refractivity contribution in [1.82, 2.24) is 10.3 Å².